The van der Waals surface area contributed by atoms with E-state index >= 15 is 0 Å². The Bertz CT molecular complexity index is 1250. The highest BCUT2D eigenvalue weighted by atomic mass is 16.5. The van der Waals surface area contributed by atoms with Crippen molar-refractivity contribution in [3.8, 4) is 22.8 Å². The third-order valence-electron chi connectivity index (χ3n) is 6.22. The Hall–Kier alpha value is -3.91. The second kappa shape index (κ2) is 8.22. The van der Waals surface area contributed by atoms with Gasteiger partial charge in [-0.15, -0.1) is 0 Å². The highest BCUT2D eigenvalue weighted by molar-refractivity contribution is 5.99. The smallest absolute Gasteiger partial charge is 0.254 e. The van der Waals surface area contributed by atoms with Gasteiger partial charge in [0.1, 0.15) is 17.3 Å². The molecule has 1 fully saturated rings. The van der Waals surface area contributed by atoms with Crippen LogP contribution in [0.4, 0.5) is 11.5 Å². The van der Waals surface area contributed by atoms with Crippen LogP contribution in [0.15, 0.2) is 48.5 Å². The number of benzene rings is 2. The molecule has 0 aliphatic carbocycles. The number of nitrogens with one attached hydrogen (secondary N) is 2. The zero-order chi connectivity index (χ0) is 23.1. The summed E-state index contributed by atoms with van der Waals surface area (Å²) in [4.78, 5) is 21.5. The fraction of sp³-hybridized carbons (Fsp3) is 0.240. The SMILES string of the molecule is CNc1cc(Oc2cc(N)nc(-c3ccc4c(c3)CN(C3CN(C)C3)C4=O)c2)ccc1C=N. The first-order chi connectivity index (χ1) is 15.9. The molecule has 0 saturated carbocycles. The lowest BCUT2D eigenvalue weighted by Crippen LogP contribution is -2.57. The van der Waals surface area contributed by atoms with E-state index in [-0.39, 0.29) is 11.9 Å². The average Bonchev–Trinajstić information content (AvgIpc) is 3.11. The van der Waals surface area contributed by atoms with Crippen LogP contribution in [0.25, 0.3) is 11.3 Å². The van der Waals surface area contributed by atoms with Crippen molar-refractivity contribution in [2.24, 2.45) is 0 Å². The van der Waals surface area contributed by atoms with Crippen molar-refractivity contribution in [1.29, 1.82) is 5.41 Å². The maximum absolute atomic E-state index is 12.8. The van der Waals surface area contributed by atoms with Crippen LogP contribution in [0, 0.1) is 5.41 Å². The highest BCUT2D eigenvalue weighted by Gasteiger charge is 2.37. The standard InChI is InChI=1S/C25H26N6O2/c1-28-22-8-19(5-3-16(22)11-26)33-20-9-23(29-24(27)10-20)15-4-6-21-17(7-15)12-31(25(21)32)18-13-30(2)14-18/h3-11,18,26,28H,12-14H2,1-2H3,(H2,27,29). The zero-order valence-electron chi connectivity index (χ0n) is 18.6. The topological polar surface area (TPSA) is 108 Å². The molecule has 0 radical (unpaired) electrons. The van der Waals surface area contributed by atoms with Gasteiger partial charge in [0, 0.05) is 73.5 Å². The Kier molecular flexibility index (Phi) is 5.22. The molecule has 1 amide bonds. The summed E-state index contributed by atoms with van der Waals surface area (Å²) in [6.07, 6.45) is 1.29. The molecule has 8 heteroatoms. The van der Waals surface area contributed by atoms with Crippen molar-refractivity contribution in [3.63, 3.8) is 0 Å². The summed E-state index contributed by atoms with van der Waals surface area (Å²) < 4.78 is 6.05. The number of hydrogen-bond donors (Lipinski definition) is 3. The largest absolute Gasteiger partial charge is 0.457 e. The number of likely N-dealkylation sites (N-methyl/N-ethyl adjacent to an activating group) is 1. The Morgan fingerprint density at radius 3 is 2.70 bits per heavy atom. The number of aromatic nitrogens is 1. The monoisotopic (exact) mass is 442 g/mol. The van der Waals surface area contributed by atoms with Crippen molar-refractivity contribution in [2.75, 3.05) is 38.2 Å². The van der Waals surface area contributed by atoms with Gasteiger partial charge in [0.25, 0.3) is 5.91 Å². The lowest BCUT2D eigenvalue weighted by Gasteiger charge is -2.41. The van der Waals surface area contributed by atoms with Crippen molar-refractivity contribution in [1.82, 2.24) is 14.8 Å². The van der Waals surface area contributed by atoms with E-state index in [0.717, 1.165) is 41.0 Å². The van der Waals surface area contributed by atoms with Crippen LogP contribution in [0.5, 0.6) is 11.5 Å². The molecule has 1 aromatic heterocycles. The number of carbonyl (C=O) groups excluding carboxylic acids is 1. The Morgan fingerprint density at radius 1 is 1.15 bits per heavy atom. The number of amides is 1. The van der Waals surface area contributed by atoms with Crippen molar-refractivity contribution < 1.29 is 9.53 Å². The van der Waals surface area contributed by atoms with Crippen LogP contribution in [-0.2, 0) is 6.54 Å². The third kappa shape index (κ3) is 3.89. The van der Waals surface area contributed by atoms with E-state index in [9.17, 15) is 4.79 Å². The molecule has 2 aliphatic heterocycles. The molecule has 168 valence electrons. The first-order valence-electron chi connectivity index (χ1n) is 10.9. The molecule has 4 N–H and O–H groups in total. The first kappa shape index (κ1) is 21.0. The van der Waals surface area contributed by atoms with Crippen LogP contribution < -0.4 is 15.8 Å². The van der Waals surface area contributed by atoms with Gasteiger partial charge in [0.15, 0.2) is 0 Å². The van der Waals surface area contributed by atoms with E-state index in [0.29, 0.717) is 29.6 Å². The minimum absolute atomic E-state index is 0.105. The molecule has 2 aromatic carbocycles. The molecule has 0 atom stereocenters. The molecule has 5 rings (SSSR count). The predicted octanol–water partition coefficient (Wildman–Crippen LogP) is 3.43. The first-order valence-corrected chi connectivity index (χ1v) is 10.9. The van der Waals surface area contributed by atoms with Gasteiger partial charge in [-0.25, -0.2) is 4.98 Å². The summed E-state index contributed by atoms with van der Waals surface area (Å²) in [5.74, 6) is 1.65. The molecule has 0 bridgehead atoms. The fourth-order valence-electron chi connectivity index (χ4n) is 4.47. The quantitative estimate of drug-likeness (QED) is 0.505. The molecular weight excluding hydrogens is 416 g/mol. The number of nitrogens with two attached hydrogens (primary N) is 1. The van der Waals surface area contributed by atoms with Crippen molar-refractivity contribution in [2.45, 2.75) is 12.6 Å². The molecule has 8 nitrogen and oxygen atoms in total. The van der Waals surface area contributed by atoms with Crippen LogP contribution in [0.1, 0.15) is 21.5 Å². The summed E-state index contributed by atoms with van der Waals surface area (Å²) in [5, 5.41) is 10.6. The lowest BCUT2D eigenvalue weighted by atomic mass is 10.0. The minimum Gasteiger partial charge on any atom is -0.457 e. The summed E-state index contributed by atoms with van der Waals surface area (Å²) >= 11 is 0. The van der Waals surface area contributed by atoms with Gasteiger partial charge >= 0.3 is 0 Å². The third-order valence-corrected chi connectivity index (χ3v) is 6.22. The molecule has 2 aliphatic rings. The van der Waals surface area contributed by atoms with Crippen molar-refractivity contribution >= 4 is 23.6 Å². The number of nitrogens with zero attached hydrogens (tertiary/aromatic N) is 3. The molecule has 3 heterocycles. The maximum Gasteiger partial charge on any atom is 0.254 e. The second-order valence-corrected chi connectivity index (χ2v) is 8.54. The van der Waals surface area contributed by atoms with E-state index in [2.05, 4.69) is 22.2 Å². The normalized spacial score (nSPS) is 15.8. The van der Waals surface area contributed by atoms with Crippen LogP contribution >= 0.6 is 0 Å². The van der Waals surface area contributed by atoms with Gasteiger partial charge in [-0.3, -0.25) is 4.79 Å². The summed E-state index contributed by atoms with van der Waals surface area (Å²) in [6, 6.07) is 15.1. The Morgan fingerprint density at radius 2 is 1.97 bits per heavy atom. The number of rotatable bonds is 6. The highest BCUT2D eigenvalue weighted by Crippen LogP contribution is 2.33. The summed E-state index contributed by atoms with van der Waals surface area (Å²) in [7, 11) is 3.87. The summed E-state index contributed by atoms with van der Waals surface area (Å²) in [6.45, 7) is 2.46. The average molecular weight is 443 g/mol. The van der Waals surface area contributed by atoms with E-state index in [1.54, 1.807) is 13.1 Å². The number of hydrogen-bond acceptors (Lipinski definition) is 7. The van der Waals surface area contributed by atoms with Crippen LogP contribution in [0.2, 0.25) is 0 Å². The van der Waals surface area contributed by atoms with Crippen molar-refractivity contribution in [3.05, 3.63) is 65.2 Å². The van der Waals surface area contributed by atoms with Gasteiger partial charge < -0.3 is 31.0 Å². The van der Waals surface area contributed by atoms with Crippen LogP contribution in [-0.4, -0.2) is 60.1 Å². The maximum atomic E-state index is 12.8. The van der Waals surface area contributed by atoms with E-state index in [4.69, 9.17) is 15.9 Å². The van der Waals surface area contributed by atoms with Gasteiger partial charge in [-0.1, -0.05) is 6.07 Å². The Labute approximate surface area is 192 Å². The van der Waals surface area contributed by atoms with E-state index in [1.165, 1.54) is 6.21 Å². The van der Waals surface area contributed by atoms with E-state index in [1.807, 2.05) is 47.4 Å². The molecule has 1 saturated heterocycles. The molecular formula is C25H26N6O2. The van der Waals surface area contributed by atoms with Gasteiger partial charge in [-0.2, -0.15) is 0 Å². The molecule has 3 aromatic rings. The van der Waals surface area contributed by atoms with Gasteiger partial charge in [0.2, 0.25) is 0 Å². The number of pyridine rings is 1. The number of nitrogen functional groups attached to an aromatic ring is 1. The number of ether oxygens (including phenoxy) is 1. The Balaban J connectivity index is 1.41. The minimum atomic E-state index is 0.105. The molecule has 33 heavy (non-hydrogen) atoms. The predicted molar refractivity (Wildman–Crippen MR) is 129 cm³/mol. The fourth-order valence-corrected chi connectivity index (χ4v) is 4.47. The molecule has 0 unspecified atom stereocenters. The van der Waals surface area contributed by atoms with E-state index < -0.39 is 0 Å². The number of fused-ring (bicyclic) bond motifs is 1. The van der Waals surface area contributed by atoms with Crippen LogP contribution in [0.3, 0.4) is 0 Å². The molecule has 0 spiro atoms. The van der Waals surface area contributed by atoms with Gasteiger partial charge in [-0.05, 0) is 36.9 Å². The number of carbonyl (C=O) groups is 1. The number of likely N-dealkylation sites (tertiary alicyclic amines) is 1. The van der Waals surface area contributed by atoms with Gasteiger partial charge in [0.05, 0.1) is 11.7 Å². The zero-order valence-corrected chi connectivity index (χ0v) is 18.6. The lowest BCUT2D eigenvalue weighted by molar-refractivity contribution is 0.0386. The summed E-state index contributed by atoms with van der Waals surface area (Å²) in [5.41, 5.74) is 11.0. The number of anilines is 2. The second-order valence-electron chi connectivity index (χ2n) is 8.54.